The van der Waals surface area contributed by atoms with Crippen LogP contribution in [-0.4, -0.2) is 74.2 Å². The fraction of sp³-hybridized carbons (Fsp3) is 0.621. The summed E-state index contributed by atoms with van der Waals surface area (Å²) in [5.41, 5.74) is 2.22. The summed E-state index contributed by atoms with van der Waals surface area (Å²) < 4.78 is 16.2. The second-order valence-corrected chi connectivity index (χ2v) is 12.6. The number of carbonyl (C=O) groups is 1. The Kier molecular flexibility index (Phi) is 7.51. The molecule has 3 aromatic rings. The fourth-order valence-electron chi connectivity index (χ4n) is 6.82. The van der Waals surface area contributed by atoms with Crippen LogP contribution in [0.1, 0.15) is 73.5 Å². The van der Waals surface area contributed by atoms with Crippen LogP contribution in [-0.2, 0) is 11.2 Å². The number of carboxylic acids is 1. The van der Waals surface area contributed by atoms with E-state index in [0.717, 1.165) is 80.2 Å². The number of likely N-dealkylation sites (tertiary alicyclic amines) is 2. The Balaban J connectivity index is 1.14. The number of rotatable bonds is 9. The number of imidazole rings is 1. The molecule has 0 unspecified atom stereocenters. The lowest BCUT2D eigenvalue weighted by Gasteiger charge is -2.34. The number of fused-ring (bicyclic) bond motifs is 1. The van der Waals surface area contributed by atoms with Gasteiger partial charge in [0.25, 0.3) is 0 Å². The number of aromatic nitrogens is 3. The molecule has 38 heavy (non-hydrogen) atoms. The molecule has 9 heteroatoms. The van der Waals surface area contributed by atoms with Gasteiger partial charge in [0.2, 0.25) is 4.96 Å². The smallest absolute Gasteiger partial charge is 0.320 e. The van der Waals surface area contributed by atoms with E-state index in [1.807, 2.05) is 16.8 Å². The molecule has 204 valence electrons. The van der Waals surface area contributed by atoms with Gasteiger partial charge in [-0.05, 0) is 68.3 Å². The molecule has 1 aliphatic carbocycles. The highest BCUT2D eigenvalue weighted by atomic mass is 32.1. The predicted molar refractivity (Wildman–Crippen MR) is 146 cm³/mol. The van der Waals surface area contributed by atoms with Gasteiger partial charge in [0, 0.05) is 31.5 Å². The van der Waals surface area contributed by atoms with E-state index in [0.29, 0.717) is 18.4 Å². The fourth-order valence-corrected chi connectivity index (χ4v) is 7.64. The maximum absolute atomic E-state index is 14.2. The Bertz CT molecular complexity index is 1260. The Labute approximate surface area is 227 Å². The first-order valence-electron chi connectivity index (χ1n) is 14.3. The van der Waals surface area contributed by atoms with Crippen LogP contribution in [0.5, 0.6) is 0 Å². The Morgan fingerprint density at radius 1 is 1.21 bits per heavy atom. The lowest BCUT2D eigenvalue weighted by Crippen LogP contribution is -2.43. The zero-order valence-corrected chi connectivity index (χ0v) is 23.0. The van der Waals surface area contributed by atoms with Gasteiger partial charge in [-0.25, -0.2) is 13.9 Å². The normalized spacial score (nSPS) is 24.7. The first-order valence-corrected chi connectivity index (χ1v) is 15.1. The molecule has 3 aliphatic rings. The summed E-state index contributed by atoms with van der Waals surface area (Å²) in [5, 5.41) is 16.0. The quantitative estimate of drug-likeness (QED) is 0.411. The van der Waals surface area contributed by atoms with Gasteiger partial charge in [0.15, 0.2) is 0 Å². The second-order valence-electron chi connectivity index (χ2n) is 11.6. The average Bonchev–Trinajstić information content (AvgIpc) is 3.58. The van der Waals surface area contributed by atoms with Crippen LogP contribution in [0.3, 0.4) is 0 Å². The van der Waals surface area contributed by atoms with Crippen molar-refractivity contribution in [1.82, 2.24) is 24.4 Å². The predicted octanol–water partition coefficient (Wildman–Crippen LogP) is 5.03. The van der Waals surface area contributed by atoms with E-state index in [4.69, 9.17) is 5.10 Å². The van der Waals surface area contributed by atoms with Crippen LogP contribution in [0.2, 0.25) is 0 Å². The molecule has 6 rings (SSSR count). The van der Waals surface area contributed by atoms with Crippen molar-refractivity contribution in [2.24, 2.45) is 11.8 Å². The molecule has 3 atom stereocenters. The van der Waals surface area contributed by atoms with Gasteiger partial charge in [0.1, 0.15) is 16.9 Å². The molecule has 3 fully saturated rings. The number of benzene rings is 1. The maximum atomic E-state index is 14.2. The van der Waals surface area contributed by atoms with E-state index < -0.39 is 12.0 Å². The average molecular weight is 540 g/mol. The summed E-state index contributed by atoms with van der Waals surface area (Å²) in [7, 11) is 0. The van der Waals surface area contributed by atoms with Crippen LogP contribution in [0.4, 0.5) is 4.39 Å². The van der Waals surface area contributed by atoms with Gasteiger partial charge in [-0.3, -0.25) is 9.69 Å². The molecule has 2 saturated heterocycles. The molecular formula is C29H38FN5O2S. The number of hydrogen-bond acceptors (Lipinski definition) is 6. The molecule has 1 saturated carbocycles. The highest BCUT2D eigenvalue weighted by molar-refractivity contribution is 7.16. The van der Waals surface area contributed by atoms with Crippen molar-refractivity contribution in [3.8, 4) is 0 Å². The molecule has 1 N–H and O–H groups in total. The van der Waals surface area contributed by atoms with Gasteiger partial charge >= 0.3 is 5.97 Å². The third kappa shape index (κ3) is 5.25. The van der Waals surface area contributed by atoms with Crippen LogP contribution in [0.25, 0.3) is 4.96 Å². The van der Waals surface area contributed by atoms with E-state index in [-0.39, 0.29) is 17.7 Å². The minimum absolute atomic E-state index is 0.142. The van der Waals surface area contributed by atoms with Crippen LogP contribution < -0.4 is 0 Å². The van der Waals surface area contributed by atoms with Gasteiger partial charge in [0.05, 0.1) is 11.9 Å². The minimum atomic E-state index is -0.711. The summed E-state index contributed by atoms with van der Waals surface area (Å²) in [4.78, 5) is 22.6. The molecule has 0 bridgehead atoms. The maximum Gasteiger partial charge on any atom is 0.320 e. The van der Waals surface area contributed by atoms with E-state index in [9.17, 15) is 14.3 Å². The zero-order chi connectivity index (χ0) is 26.2. The zero-order valence-electron chi connectivity index (χ0n) is 22.1. The van der Waals surface area contributed by atoms with Crippen molar-refractivity contribution >= 4 is 22.3 Å². The van der Waals surface area contributed by atoms with Crippen molar-refractivity contribution in [3.63, 3.8) is 0 Å². The SMILES string of the molecule is CCc1nn2c(C3CCN(C[C@H]4CN([C@H](CC5CCC5)C(=O)O)C[C@@H]4c4cccc(F)c4)CC3)cnc2s1. The molecule has 0 radical (unpaired) electrons. The highest BCUT2D eigenvalue weighted by Gasteiger charge is 2.41. The molecule has 2 aromatic heterocycles. The molecular weight excluding hydrogens is 501 g/mol. The largest absolute Gasteiger partial charge is 0.480 e. The summed E-state index contributed by atoms with van der Waals surface area (Å²) in [5.74, 6) is 0.475. The standard InChI is InChI=1S/C29H38FN5O2S/c1-2-27-32-35-26(15-31-29(35)38-27)20-9-11-33(12-10-20)16-22-17-34(25(28(36)37)13-19-5-3-6-19)18-24(22)21-7-4-8-23(30)14-21/h4,7-8,14-15,19-20,22,24-25H,2-3,5-6,9-13,16-18H2,1H3,(H,36,37)/t22-,24+,25+/m0/s1. The Morgan fingerprint density at radius 3 is 2.71 bits per heavy atom. The Hall–Kier alpha value is -2.36. The Morgan fingerprint density at radius 2 is 2.03 bits per heavy atom. The molecule has 4 heterocycles. The molecule has 2 aliphatic heterocycles. The van der Waals surface area contributed by atoms with Crippen LogP contribution in [0.15, 0.2) is 30.5 Å². The molecule has 1 aromatic carbocycles. The van der Waals surface area contributed by atoms with Crippen LogP contribution >= 0.6 is 11.3 Å². The van der Waals surface area contributed by atoms with E-state index in [2.05, 4.69) is 21.7 Å². The van der Waals surface area contributed by atoms with Crippen molar-refractivity contribution < 1.29 is 14.3 Å². The van der Waals surface area contributed by atoms with Crippen molar-refractivity contribution in [3.05, 3.63) is 52.5 Å². The second kappa shape index (κ2) is 11.0. The molecule has 0 spiro atoms. The highest BCUT2D eigenvalue weighted by Crippen LogP contribution is 2.39. The number of aliphatic carboxylic acids is 1. The third-order valence-electron chi connectivity index (χ3n) is 9.21. The van der Waals surface area contributed by atoms with Gasteiger partial charge < -0.3 is 10.0 Å². The van der Waals surface area contributed by atoms with Gasteiger partial charge in [-0.2, -0.15) is 5.10 Å². The van der Waals surface area contributed by atoms with E-state index >= 15 is 0 Å². The number of halogens is 1. The van der Waals surface area contributed by atoms with E-state index in [1.54, 1.807) is 23.5 Å². The van der Waals surface area contributed by atoms with Crippen LogP contribution in [0, 0.1) is 17.7 Å². The monoisotopic (exact) mass is 539 g/mol. The van der Waals surface area contributed by atoms with E-state index in [1.165, 1.54) is 18.2 Å². The summed E-state index contributed by atoms with van der Waals surface area (Å²) in [6.07, 6.45) is 9.30. The minimum Gasteiger partial charge on any atom is -0.480 e. The lowest BCUT2D eigenvalue weighted by molar-refractivity contribution is -0.144. The summed E-state index contributed by atoms with van der Waals surface area (Å²) in [6, 6.07) is 6.50. The first kappa shape index (κ1) is 25.9. The van der Waals surface area contributed by atoms with Crippen molar-refractivity contribution in [2.75, 3.05) is 32.7 Å². The van der Waals surface area contributed by atoms with Gasteiger partial charge in [-0.1, -0.05) is 49.7 Å². The topological polar surface area (TPSA) is 74.0 Å². The number of nitrogens with zero attached hydrogens (tertiary/aromatic N) is 5. The third-order valence-corrected chi connectivity index (χ3v) is 10.3. The lowest BCUT2D eigenvalue weighted by atomic mass is 9.80. The van der Waals surface area contributed by atoms with Crippen molar-refractivity contribution in [1.29, 1.82) is 0 Å². The van der Waals surface area contributed by atoms with Crippen molar-refractivity contribution in [2.45, 2.75) is 69.7 Å². The summed E-state index contributed by atoms with van der Waals surface area (Å²) in [6.45, 7) is 6.49. The van der Waals surface area contributed by atoms with Gasteiger partial charge in [-0.15, -0.1) is 0 Å². The number of hydrogen-bond donors (Lipinski definition) is 1. The number of piperidine rings is 1. The molecule has 0 amide bonds. The number of carboxylic acid groups (broad SMARTS) is 1. The summed E-state index contributed by atoms with van der Waals surface area (Å²) >= 11 is 1.67. The first-order chi connectivity index (χ1) is 18.5. The molecule has 7 nitrogen and oxygen atoms in total. The number of aryl methyl sites for hydroxylation is 1.